The molecule has 1 heterocycles. The number of alkyl halides is 3. The average molecular weight is 512 g/mol. The van der Waals surface area contributed by atoms with Gasteiger partial charge in [-0.15, -0.1) is 0 Å². The first-order valence-corrected chi connectivity index (χ1v) is 12.0. The summed E-state index contributed by atoms with van der Waals surface area (Å²) in [5, 5.41) is 9.12. The number of nitrogens with two attached hydrogens (primary N) is 1. The zero-order valence-corrected chi connectivity index (χ0v) is 20.5. The van der Waals surface area contributed by atoms with Crippen molar-refractivity contribution in [1.82, 2.24) is 20.4 Å². The molecular weight excluding hydrogens is 479 g/mol. The Morgan fingerprint density at radius 2 is 1.86 bits per heavy atom. The van der Waals surface area contributed by atoms with Gasteiger partial charge in [-0.1, -0.05) is 6.08 Å². The molecule has 4 aliphatic carbocycles. The number of primary amides is 1. The lowest BCUT2D eigenvalue weighted by Gasteiger charge is -2.59. The molecule has 0 radical (unpaired) electrons. The van der Waals surface area contributed by atoms with E-state index >= 15 is 0 Å². The van der Waals surface area contributed by atoms with Gasteiger partial charge < -0.3 is 21.1 Å². The van der Waals surface area contributed by atoms with Crippen molar-refractivity contribution in [3.05, 3.63) is 23.5 Å². The molecule has 0 spiro atoms. The molecule has 4 saturated carbocycles. The van der Waals surface area contributed by atoms with Crippen LogP contribution in [0.25, 0.3) is 6.20 Å². The van der Waals surface area contributed by atoms with E-state index in [0.717, 1.165) is 44.5 Å². The van der Waals surface area contributed by atoms with Crippen molar-refractivity contribution in [2.45, 2.75) is 58.2 Å². The van der Waals surface area contributed by atoms with Crippen molar-refractivity contribution in [2.24, 2.45) is 34.3 Å². The van der Waals surface area contributed by atoms with Gasteiger partial charge in [0.05, 0.1) is 23.8 Å². The first-order valence-electron chi connectivity index (χ1n) is 12.0. The number of ether oxygens (including phenoxy) is 1. The van der Waals surface area contributed by atoms with E-state index in [9.17, 15) is 27.6 Å². The van der Waals surface area contributed by atoms with Crippen LogP contribution in [0.3, 0.4) is 0 Å². The maximum atomic E-state index is 14.0. The number of amides is 3. The van der Waals surface area contributed by atoms with E-state index in [2.05, 4.69) is 15.7 Å². The number of aromatic nitrogens is 2. The van der Waals surface area contributed by atoms with Gasteiger partial charge in [0.2, 0.25) is 5.91 Å². The lowest BCUT2D eigenvalue weighted by Crippen LogP contribution is -2.60. The minimum atomic E-state index is -4.84. The Hall–Kier alpha value is -3.05. The Balaban J connectivity index is 1.54. The molecule has 4 aliphatic rings. The largest absolute Gasteiger partial charge is 0.449 e. The quantitative estimate of drug-likeness (QED) is 0.518. The number of carbonyl (C=O) groups is 3. The molecule has 1 aromatic heterocycles. The maximum absolute atomic E-state index is 14.0. The van der Waals surface area contributed by atoms with Crippen LogP contribution in [-0.4, -0.2) is 47.4 Å². The van der Waals surface area contributed by atoms with Crippen LogP contribution in [0.5, 0.6) is 0 Å². The molecule has 0 aromatic carbocycles. The number of hydrogen-bond donors (Lipinski definition) is 3. The summed E-state index contributed by atoms with van der Waals surface area (Å²) in [6.07, 6.45) is 1.74. The van der Waals surface area contributed by atoms with E-state index < -0.39 is 34.8 Å². The van der Waals surface area contributed by atoms with Crippen LogP contribution in [0, 0.1) is 28.6 Å². The predicted octanol–water partition coefficient (Wildman–Crippen LogP) is 3.16. The van der Waals surface area contributed by atoms with E-state index in [0.29, 0.717) is 10.6 Å². The third-order valence-electron chi connectivity index (χ3n) is 7.97. The molecule has 4 N–H and O–H groups in total. The smallest absolute Gasteiger partial charge is 0.434 e. The molecule has 36 heavy (non-hydrogen) atoms. The van der Waals surface area contributed by atoms with Crippen LogP contribution in [0.1, 0.15) is 62.0 Å². The monoisotopic (exact) mass is 511 g/mol. The van der Waals surface area contributed by atoms with E-state index in [-0.39, 0.29) is 35.8 Å². The summed E-state index contributed by atoms with van der Waals surface area (Å²) in [6, 6.07) is -0.261. The Morgan fingerprint density at radius 1 is 1.22 bits per heavy atom. The van der Waals surface area contributed by atoms with Crippen LogP contribution in [0.2, 0.25) is 0 Å². The SMILES string of the molecule is CNC(=O)C(C)(C)/C=C/n1ncc(C(=O)N[C@H]2C3CC4CC2C[C@](COC(N)=O)(C4)C3)c1C(F)(F)F. The second-order valence-electron chi connectivity index (χ2n) is 11.0. The van der Waals surface area contributed by atoms with Crippen LogP contribution in [0.4, 0.5) is 18.0 Å². The fourth-order valence-electron chi connectivity index (χ4n) is 6.64. The third-order valence-corrected chi connectivity index (χ3v) is 7.97. The van der Waals surface area contributed by atoms with Crippen molar-refractivity contribution in [1.29, 1.82) is 0 Å². The summed E-state index contributed by atoms with van der Waals surface area (Å²) >= 11 is 0. The van der Waals surface area contributed by atoms with Gasteiger partial charge in [-0.25, -0.2) is 9.48 Å². The number of nitrogens with one attached hydrogen (secondary N) is 2. The van der Waals surface area contributed by atoms with Crippen LogP contribution in [0.15, 0.2) is 12.3 Å². The highest BCUT2D eigenvalue weighted by atomic mass is 19.4. The van der Waals surface area contributed by atoms with Crippen LogP contribution >= 0.6 is 0 Å². The summed E-state index contributed by atoms with van der Waals surface area (Å²) in [5.74, 6) is -0.580. The number of nitrogens with zero attached hydrogens (tertiary/aromatic N) is 2. The minimum Gasteiger partial charge on any atom is -0.449 e. The molecule has 2 atom stereocenters. The number of carbonyl (C=O) groups excluding carboxylic acids is 3. The summed E-state index contributed by atoms with van der Waals surface area (Å²) in [6.45, 7) is 3.34. The molecule has 12 heteroatoms. The van der Waals surface area contributed by atoms with E-state index in [1.54, 1.807) is 13.8 Å². The number of rotatable bonds is 7. The lowest BCUT2D eigenvalue weighted by atomic mass is 9.48. The molecule has 198 valence electrons. The zero-order valence-electron chi connectivity index (χ0n) is 20.5. The average Bonchev–Trinajstić information content (AvgIpc) is 3.23. The Morgan fingerprint density at radius 3 is 2.42 bits per heavy atom. The van der Waals surface area contributed by atoms with Gasteiger partial charge in [0.15, 0.2) is 5.69 Å². The fraction of sp³-hybridized carbons (Fsp3) is 0.667. The van der Waals surface area contributed by atoms with Crippen molar-refractivity contribution < 1.29 is 32.3 Å². The predicted molar refractivity (Wildman–Crippen MR) is 123 cm³/mol. The van der Waals surface area contributed by atoms with Crippen molar-refractivity contribution >= 4 is 24.1 Å². The summed E-state index contributed by atoms with van der Waals surface area (Å²) in [7, 11) is 1.44. The zero-order chi connectivity index (χ0) is 26.5. The molecule has 2 unspecified atom stereocenters. The Labute approximate surface area is 207 Å². The molecule has 5 rings (SSSR count). The van der Waals surface area contributed by atoms with Crippen molar-refractivity contribution in [2.75, 3.05) is 13.7 Å². The first kappa shape index (κ1) is 26.0. The lowest BCUT2D eigenvalue weighted by molar-refractivity contribution is -0.142. The fourth-order valence-corrected chi connectivity index (χ4v) is 6.64. The highest BCUT2D eigenvalue weighted by Crippen LogP contribution is 2.60. The van der Waals surface area contributed by atoms with Gasteiger partial charge in [0.1, 0.15) is 0 Å². The van der Waals surface area contributed by atoms with E-state index in [1.165, 1.54) is 13.1 Å². The highest BCUT2D eigenvalue weighted by molar-refractivity contribution is 5.95. The summed E-state index contributed by atoms with van der Waals surface area (Å²) in [4.78, 5) is 36.3. The minimum absolute atomic E-state index is 0.0920. The molecule has 0 saturated heterocycles. The highest BCUT2D eigenvalue weighted by Gasteiger charge is 2.56. The second-order valence-corrected chi connectivity index (χ2v) is 11.0. The van der Waals surface area contributed by atoms with Crippen molar-refractivity contribution in [3.8, 4) is 0 Å². The van der Waals surface area contributed by atoms with E-state index in [4.69, 9.17) is 10.5 Å². The van der Waals surface area contributed by atoms with Crippen molar-refractivity contribution in [3.63, 3.8) is 0 Å². The molecule has 9 nitrogen and oxygen atoms in total. The molecule has 4 bridgehead atoms. The molecule has 3 amide bonds. The molecular formula is C24H32F3N5O4. The molecule has 1 aromatic rings. The van der Waals surface area contributed by atoms with Crippen LogP contribution < -0.4 is 16.4 Å². The third kappa shape index (κ3) is 4.94. The summed E-state index contributed by atoms with van der Waals surface area (Å²) in [5.41, 5.74) is 2.13. The second kappa shape index (κ2) is 9.11. The van der Waals surface area contributed by atoms with Gasteiger partial charge in [-0.05, 0) is 63.7 Å². The van der Waals surface area contributed by atoms with Gasteiger partial charge in [-0.3, -0.25) is 9.59 Å². The van der Waals surface area contributed by atoms with Gasteiger partial charge >= 0.3 is 12.3 Å². The standard InChI is InChI=1S/C24H32F3N5O4/c1-22(2,20(34)29-3)4-5-32-18(24(25,26)27)16(11-30-32)19(33)31-17-14-6-13-7-15(17)10-23(8-13,9-14)12-36-21(28)35/h4-5,11,13-15,17H,6-10,12H2,1-3H3,(H2,28,35)(H,29,34)(H,31,33)/b5-4+/t13?,14?,15?,17-,23-. The normalized spacial score (nSPS) is 29.4. The Bertz CT molecular complexity index is 1060. The first-order chi connectivity index (χ1) is 16.7. The van der Waals surface area contributed by atoms with Crippen LogP contribution in [-0.2, 0) is 15.7 Å². The van der Waals surface area contributed by atoms with Gasteiger partial charge in [-0.2, -0.15) is 18.3 Å². The molecule has 4 fully saturated rings. The summed E-state index contributed by atoms with van der Waals surface area (Å²) < 4.78 is 47.7. The molecule has 0 aliphatic heterocycles. The number of hydrogen-bond acceptors (Lipinski definition) is 5. The van der Waals surface area contributed by atoms with E-state index in [1.807, 2.05) is 0 Å². The topological polar surface area (TPSA) is 128 Å². The van der Waals surface area contributed by atoms with Gasteiger partial charge in [0.25, 0.3) is 5.91 Å². The van der Waals surface area contributed by atoms with Gasteiger partial charge in [0, 0.05) is 24.7 Å². The number of halogens is 3. The maximum Gasteiger partial charge on any atom is 0.434 e. The Kier molecular flexibility index (Phi) is 6.59.